The molecule has 1 atom stereocenters. The first-order valence-electron chi connectivity index (χ1n) is 6.80. The van der Waals surface area contributed by atoms with Gasteiger partial charge in [-0.15, -0.1) is 0 Å². The minimum Gasteiger partial charge on any atom is -0.337 e. The molecule has 0 aliphatic carbocycles. The zero-order valence-electron chi connectivity index (χ0n) is 12.5. The SMILES string of the molecule is C[C@H](c1ccc(F)c(F)c1)N(C)C(=O)Cn1[nH]c(=O)ccc1=O. The molecule has 122 valence electrons. The minimum atomic E-state index is -1.00. The second kappa shape index (κ2) is 6.55. The van der Waals surface area contributed by atoms with Crippen LogP contribution in [0.5, 0.6) is 0 Å². The normalized spacial score (nSPS) is 12.0. The number of nitrogens with one attached hydrogen (secondary N) is 1. The van der Waals surface area contributed by atoms with Crippen LogP contribution in [0, 0.1) is 11.6 Å². The van der Waals surface area contributed by atoms with E-state index in [2.05, 4.69) is 5.10 Å². The van der Waals surface area contributed by atoms with E-state index >= 15 is 0 Å². The Bertz CT molecular complexity index is 844. The number of hydrogen-bond donors (Lipinski definition) is 1. The third kappa shape index (κ3) is 3.71. The van der Waals surface area contributed by atoms with Crippen LogP contribution in [-0.4, -0.2) is 27.6 Å². The predicted molar refractivity (Wildman–Crippen MR) is 78.9 cm³/mol. The fraction of sp³-hybridized carbons (Fsp3) is 0.267. The highest BCUT2D eigenvalue weighted by molar-refractivity contribution is 5.76. The number of H-pyrrole nitrogens is 1. The first-order valence-corrected chi connectivity index (χ1v) is 6.80. The van der Waals surface area contributed by atoms with E-state index < -0.39 is 34.7 Å². The maximum Gasteiger partial charge on any atom is 0.265 e. The van der Waals surface area contributed by atoms with Crippen molar-refractivity contribution >= 4 is 5.91 Å². The van der Waals surface area contributed by atoms with E-state index in [1.54, 1.807) is 6.92 Å². The second-order valence-corrected chi connectivity index (χ2v) is 5.09. The number of aromatic amines is 1. The average Bonchev–Trinajstić information content (AvgIpc) is 2.52. The largest absolute Gasteiger partial charge is 0.337 e. The van der Waals surface area contributed by atoms with Gasteiger partial charge < -0.3 is 4.90 Å². The van der Waals surface area contributed by atoms with Crippen molar-refractivity contribution < 1.29 is 13.6 Å². The van der Waals surface area contributed by atoms with Crippen molar-refractivity contribution in [2.75, 3.05) is 7.05 Å². The Morgan fingerprint density at radius 1 is 1.22 bits per heavy atom. The van der Waals surface area contributed by atoms with Gasteiger partial charge in [0.2, 0.25) is 5.91 Å². The van der Waals surface area contributed by atoms with Crippen LogP contribution in [0.4, 0.5) is 8.78 Å². The van der Waals surface area contributed by atoms with Crippen LogP contribution in [0.3, 0.4) is 0 Å². The maximum absolute atomic E-state index is 13.3. The highest BCUT2D eigenvalue weighted by Crippen LogP contribution is 2.21. The van der Waals surface area contributed by atoms with Gasteiger partial charge in [-0.3, -0.25) is 19.5 Å². The van der Waals surface area contributed by atoms with Crippen molar-refractivity contribution in [3.05, 3.63) is 68.2 Å². The molecular formula is C15H15F2N3O3. The van der Waals surface area contributed by atoms with Gasteiger partial charge in [-0.25, -0.2) is 13.5 Å². The Hall–Kier alpha value is -2.77. The third-order valence-corrected chi connectivity index (χ3v) is 3.58. The molecule has 1 N–H and O–H groups in total. The van der Waals surface area contributed by atoms with Crippen LogP contribution in [0.25, 0.3) is 0 Å². The molecule has 0 aliphatic heterocycles. The van der Waals surface area contributed by atoms with Crippen LogP contribution in [0.2, 0.25) is 0 Å². The molecule has 2 aromatic rings. The summed E-state index contributed by atoms with van der Waals surface area (Å²) in [7, 11) is 1.47. The molecule has 1 amide bonds. The smallest absolute Gasteiger partial charge is 0.265 e. The van der Waals surface area contributed by atoms with Crippen molar-refractivity contribution in [2.24, 2.45) is 0 Å². The Morgan fingerprint density at radius 2 is 1.91 bits per heavy atom. The van der Waals surface area contributed by atoms with Gasteiger partial charge in [0.25, 0.3) is 11.1 Å². The molecule has 8 heteroatoms. The molecule has 0 unspecified atom stereocenters. The summed E-state index contributed by atoms with van der Waals surface area (Å²) < 4.78 is 27.1. The summed E-state index contributed by atoms with van der Waals surface area (Å²) in [6, 6.07) is 4.97. The molecule has 0 saturated carbocycles. The van der Waals surface area contributed by atoms with Gasteiger partial charge in [-0.05, 0) is 24.6 Å². The van der Waals surface area contributed by atoms with Crippen LogP contribution in [0.1, 0.15) is 18.5 Å². The fourth-order valence-electron chi connectivity index (χ4n) is 2.04. The van der Waals surface area contributed by atoms with Crippen molar-refractivity contribution in [1.82, 2.24) is 14.7 Å². The van der Waals surface area contributed by atoms with Crippen LogP contribution < -0.4 is 11.1 Å². The van der Waals surface area contributed by atoms with Crippen LogP contribution in [0.15, 0.2) is 39.9 Å². The summed E-state index contributed by atoms with van der Waals surface area (Å²) in [5.41, 5.74) is -0.616. The van der Waals surface area contributed by atoms with Crippen molar-refractivity contribution in [1.29, 1.82) is 0 Å². The molecule has 0 radical (unpaired) electrons. The van der Waals surface area contributed by atoms with E-state index in [1.807, 2.05) is 0 Å². The lowest BCUT2D eigenvalue weighted by atomic mass is 10.1. The van der Waals surface area contributed by atoms with E-state index in [0.29, 0.717) is 5.56 Å². The lowest BCUT2D eigenvalue weighted by Crippen LogP contribution is -2.38. The molecule has 1 aromatic heterocycles. The third-order valence-electron chi connectivity index (χ3n) is 3.58. The van der Waals surface area contributed by atoms with Gasteiger partial charge in [0.15, 0.2) is 11.6 Å². The monoisotopic (exact) mass is 323 g/mol. The molecule has 1 heterocycles. The Labute approximate surface area is 130 Å². The van der Waals surface area contributed by atoms with Crippen molar-refractivity contribution in [2.45, 2.75) is 19.5 Å². The lowest BCUT2D eigenvalue weighted by Gasteiger charge is -2.25. The zero-order chi connectivity index (χ0) is 17.1. The van der Waals surface area contributed by atoms with Gasteiger partial charge in [0.05, 0.1) is 6.04 Å². The minimum absolute atomic E-state index is 0.362. The van der Waals surface area contributed by atoms with Gasteiger partial charge in [-0.1, -0.05) is 6.07 Å². The van der Waals surface area contributed by atoms with Crippen LogP contribution >= 0.6 is 0 Å². The van der Waals surface area contributed by atoms with Gasteiger partial charge in [-0.2, -0.15) is 0 Å². The quantitative estimate of drug-likeness (QED) is 0.913. The number of amides is 1. The van der Waals surface area contributed by atoms with Gasteiger partial charge in [0, 0.05) is 19.2 Å². The topological polar surface area (TPSA) is 75.2 Å². The molecule has 0 saturated heterocycles. The molecule has 6 nitrogen and oxygen atoms in total. The highest BCUT2D eigenvalue weighted by atomic mass is 19.2. The van der Waals surface area contributed by atoms with Gasteiger partial charge in [0.1, 0.15) is 6.54 Å². The molecule has 0 fully saturated rings. The first kappa shape index (κ1) is 16.6. The number of halogens is 2. The van der Waals surface area contributed by atoms with E-state index in [1.165, 1.54) is 18.0 Å². The van der Waals surface area contributed by atoms with E-state index in [-0.39, 0.29) is 6.54 Å². The molecule has 0 bridgehead atoms. The molecule has 23 heavy (non-hydrogen) atoms. The van der Waals surface area contributed by atoms with E-state index in [0.717, 1.165) is 28.9 Å². The van der Waals surface area contributed by atoms with Crippen LogP contribution in [-0.2, 0) is 11.3 Å². The first-order chi connectivity index (χ1) is 10.8. The number of benzene rings is 1. The van der Waals surface area contributed by atoms with E-state index in [9.17, 15) is 23.2 Å². The van der Waals surface area contributed by atoms with Crippen molar-refractivity contribution in [3.8, 4) is 0 Å². The number of rotatable bonds is 4. The van der Waals surface area contributed by atoms with Gasteiger partial charge >= 0.3 is 0 Å². The summed E-state index contributed by atoms with van der Waals surface area (Å²) >= 11 is 0. The molecule has 1 aromatic carbocycles. The molecular weight excluding hydrogens is 308 g/mol. The summed E-state index contributed by atoms with van der Waals surface area (Å²) in [6.45, 7) is 1.28. The summed E-state index contributed by atoms with van der Waals surface area (Å²) in [6.07, 6.45) is 0. The number of nitrogens with zero attached hydrogens (tertiary/aromatic N) is 2. The number of carbonyl (C=O) groups is 1. The Morgan fingerprint density at radius 3 is 2.57 bits per heavy atom. The Kier molecular flexibility index (Phi) is 4.73. The average molecular weight is 323 g/mol. The van der Waals surface area contributed by atoms with Crippen molar-refractivity contribution in [3.63, 3.8) is 0 Å². The summed E-state index contributed by atoms with van der Waals surface area (Å²) in [5.74, 6) is -2.44. The van der Waals surface area contributed by atoms with E-state index in [4.69, 9.17) is 0 Å². The highest BCUT2D eigenvalue weighted by Gasteiger charge is 2.19. The molecule has 2 rings (SSSR count). The molecule has 0 aliphatic rings. The second-order valence-electron chi connectivity index (χ2n) is 5.09. The lowest BCUT2D eigenvalue weighted by molar-refractivity contribution is -0.132. The number of likely N-dealkylation sites (N-methyl/N-ethyl adjacent to an activating group) is 1. The number of hydrogen-bond acceptors (Lipinski definition) is 3. The predicted octanol–water partition coefficient (Wildman–Crippen LogP) is 1.03. The maximum atomic E-state index is 13.3. The summed E-state index contributed by atoms with van der Waals surface area (Å²) in [4.78, 5) is 36.3. The Balaban J connectivity index is 2.18. The number of carbonyl (C=O) groups excluding carboxylic acids is 1. The fourth-order valence-corrected chi connectivity index (χ4v) is 2.04. The zero-order valence-corrected chi connectivity index (χ0v) is 12.5. The molecule has 0 spiro atoms. The standard InChI is InChI=1S/C15H15F2N3O3/c1-9(10-3-4-11(16)12(17)7-10)19(2)15(23)8-20-14(22)6-5-13(21)18-20/h3-7,9H,8H2,1-2H3,(H,18,21)/t9-/m1/s1. The summed E-state index contributed by atoms with van der Waals surface area (Å²) in [5, 5.41) is 2.25. The number of aromatic nitrogens is 2.